The van der Waals surface area contributed by atoms with Crippen LogP contribution in [-0.4, -0.2) is 28.9 Å². The highest BCUT2D eigenvalue weighted by Gasteiger charge is 2.09. The number of hydrogen-bond acceptors (Lipinski definition) is 4. The number of nitrogens with zero attached hydrogens (tertiary/aromatic N) is 2. The molecule has 0 bridgehead atoms. The summed E-state index contributed by atoms with van der Waals surface area (Å²) < 4.78 is 6.98. The Morgan fingerprint density at radius 1 is 1.43 bits per heavy atom. The molecule has 2 aromatic rings. The third-order valence-electron chi connectivity index (χ3n) is 3.11. The lowest BCUT2D eigenvalue weighted by Crippen LogP contribution is -1.94. The molecule has 0 N–H and O–H groups in total. The van der Waals surface area contributed by atoms with E-state index < -0.39 is 0 Å². The Kier molecular flexibility index (Phi) is 4.85. The molecule has 0 saturated heterocycles. The summed E-state index contributed by atoms with van der Waals surface area (Å²) in [6.07, 6.45) is 7.10. The van der Waals surface area contributed by atoms with Gasteiger partial charge in [0.05, 0.1) is 18.4 Å². The third-order valence-corrected chi connectivity index (χ3v) is 3.89. The largest absolute Gasteiger partial charge is 0.496 e. The number of allylic oxidation sites excluding steroid dienone is 1. The topological polar surface area (TPSA) is 44.1 Å². The van der Waals surface area contributed by atoms with Crippen LogP contribution in [0.4, 0.5) is 0 Å². The van der Waals surface area contributed by atoms with Crippen LogP contribution in [0, 0.1) is 6.92 Å². The number of aryl methyl sites for hydroxylation is 2. The molecule has 0 fully saturated rings. The van der Waals surface area contributed by atoms with Gasteiger partial charge < -0.3 is 4.74 Å². The summed E-state index contributed by atoms with van der Waals surface area (Å²) in [6, 6.07) is 5.88. The van der Waals surface area contributed by atoms with Crippen molar-refractivity contribution in [1.82, 2.24) is 9.78 Å². The Bertz CT molecular complexity index is 690. The highest BCUT2D eigenvalue weighted by molar-refractivity contribution is 7.98. The molecule has 0 amide bonds. The van der Waals surface area contributed by atoms with Crippen LogP contribution in [0.2, 0.25) is 0 Å². The molecular weight excluding hydrogens is 284 g/mol. The molecule has 1 aromatic heterocycles. The summed E-state index contributed by atoms with van der Waals surface area (Å²) in [7, 11) is 3.45. The number of carbonyl (C=O) groups is 1. The van der Waals surface area contributed by atoms with Crippen molar-refractivity contribution in [2.24, 2.45) is 7.05 Å². The quantitative estimate of drug-likeness (QED) is 0.482. The monoisotopic (exact) mass is 302 g/mol. The van der Waals surface area contributed by atoms with E-state index in [2.05, 4.69) is 5.10 Å². The average molecular weight is 302 g/mol. The molecule has 0 aliphatic carbocycles. The van der Waals surface area contributed by atoms with Crippen LogP contribution >= 0.6 is 11.8 Å². The minimum atomic E-state index is -0.0477. The minimum Gasteiger partial charge on any atom is -0.496 e. The fourth-order valence-electron chi connectivity index (χ4n) is 2.06. The van der Waals surface area contributed by atoms with Crippen molar-refractivity contribution < 1.29 is 9.53 Å². The maximum Gasteiger partial charge on any atom is 0.189 e. The second-order valence-electron chi connectivity index (χ2n) is 4.61. The van der Waals surface area contributed by atoms with E-state index in [0.29, 0.717) is 5.56 Å². The number of benzene rings is 1. The number of aromatic nitrogens is 2. The first-order chi connectivity index (χ1) is 10.0. The molecule has 21 heavy (non-hydrogen) atoms. The lowest BCUT2D eigenvalue weighted by Gasteiger charge is -2.06. The van der Waals surface area contributed by atoms with Crippen LogP contribution in [0.15, 0.2) is 35.4 Å². The zero-order valence-electron chi connectivity index (χ0n) is 12.6. The van der Waals surface area contributed by atoms with Gasteiger partial charge in [0.25, 0.3) is 0 Å². The van der Waals surface area contributed by atoms with Crippen molar-refractivity contribution in [2.45, 2.75) is 11.8 Å². The Labute approximate surface area is 128 Å². The summed E-state index contributed by atoms with van der Waals surface area (Å²) in [6.45, 7) is 1.83. The van der Waals surface area contributed by atoms with E-state index in [0.717, 1.165) is 21.9 Å². The molecule has 1 heterocycles. The summed E-state index contributed by atoms with van der Waals surface area (Å²) in [5, 5.41) is 4.18. The van der Waals surface area contributed by atoms with Crippen molar-refractivity contribution in [1.29, 1.82) is 0 Å². The summed E-state index contributed by atoms with van der Waals surface area (Å²) in [4.78, 5) is 13.2. The van der Waals surface area contributed by atoms with Gasteiger partial charge in [-0.2, -0.15) is 5.10 Å². The molecule has 0 aliphatic rings. The molecule has 0 aliphatic heterocycles. The van der Waals surface area contributed by atoms with Gasteiger partial charge in [-0.3, -0.25) is 9.48 Å². The number of ketones is 1. The number of hydrogen-bond donors (Lipinski definition) is 0. The zero-order chi connectivity index (χ0) is 15.4. The smallest absolute Gasteiger partial charge is 0.189 e. The first-order valence-corrected chi connectivity index (χ1v) is 7.72. The molecule has 2 rings (SSSR count). The zero-order valence-corrected chi connectivity index (χ0v) is 13.4. The van der Waals surface area contributed by atoms with Gasteiger partial charge in [-0.25, -0.2) is 0 Å². The number of ether oxygens (including phenoxy) is 1. The van der Waals surface area contributed by atoms with Gasteiger partial charge in [0, 0.05) is 18.1 Å². The molecule has 110 valence electrons. The summed E-state index contributed by atoms with van der Waals surface area (Å²) in [5.41, 5.74) is 2.29. The lowest BCUT2D eigenvalue weighted by molar-refractivity contribution is 0.104. The van der Waals surface area contributed by atoms with Crippen molar-refractivity contribution in [3.63, 3.8) is 0 Å². The van der Waals surface area contributed by atoms with Crippen molar-refractivity contribution in [3.05, 3.63) is 47.3 Å². The molecular formula is C16H18N2O2S. The van der Waals surface area contributed by atoms with Gasteiger partial charge in [-0.15, -0.1) is 11.8 Å². The Morgan fingerprint density at radius 3 is 2.76 bits per heavy atom. The molecule has 0 saturated carbocycles. The predicted molar refractivity (Wildman–Crippen MR) is 86.1 cm³/mol. The highest BCUT2D eigenvalue weighted by Crippen LogP contribution is 2.28. The maximum atomic E-state index is 12.2. The first kappa shape index (κ1) is 15.4. The van der Waals surface area contributed by atoms with Gasteiger partial charge in [0.2, 0.25) is 0 Å². The van der Waals surface area contributed by atoms with Crippen molar-refractivity contribution in [2.75, 3.05) is 13.4 Å². The highest BCUT2D eigenvalue weighted by atomic mass is 32.2. The Balaban J connectivity index is 2.21. The molecule has 0 radical (unpaired) electrons. The van der Waals surface area contributed by atoms with Crippen LogP contribution in [0.3, 0.4) is 0 Å². The fraction of sp³-hybridized carbons (Fsp3) is 0.250. The Morgan fingerprint density at radius 2 is 2.19 bits per heavy atom. The number of carbonyl (C=O) groups excluding carboxylic acids is 1. The molecule has 0 spiro atoms. The first-order valence-electron chi connectivity index (χ1n) is 6.50. The average Bonchev–Trinajstić information content (AvgIpc) is 2.83. The lowest BCUT2D eigenvalue weighted by atomic mass is 10.1. The molecule has 5 heteroatoms. The van der Waals surface area contributed by atoms with Gasteiger partial charge in [-0.05, 0) is 37.0 Å². The van der Waals surface area contributed by atoms with Crippen LogP contribution in [-0.2, 0) is 7.05 Å². The van der Waals surface area contributed by atoms with Crippen LogP contribution in [0.1, 0.15) is 21.6 Å². The third kappa shape index (κ3) is 3.55. The standard InChI is InChI=1S/C16H18N2O2S/c1-11-13(10-18(2)17-11)14(19)7-5-12-6-8-16(21-4)15(9-12)20-3/h5-10H,1-4H3. The fourth-order valence-corrected chi connectivity index (χ4v) is 2.61. The van der Waals surface area contributed by atoms with Crippen LogP contribution in [0.5, 0.6) is 5.75 Å². The van der Waals surface area contributed by atoms with Crippen molar-refractivity contribution >= 4 is 23.6 Å². The second kappa shape index (κ2) is 6.63. The molecule has 4 nitrogen and oxygen atoms in total. The van der Waals surface area contributed by atoms with E-state index in [4.69, 9.17) is 4.74 Å². The van der Waals surface area contributed by atoms with Crippen LogP contribution in [0.25, 0.3) is 6.08 Å². The van der Waals surface area contributed by atoms with E-state index in [-0.39, 0.29) is 5.78 Å². The van der Waals surface area contributed by atoms with Crippen molar-refractivity contribution in [3.8, 4) is 5.75 Å². The van der Waals surface area contributed by atoms with E-state index in [1.165, 1.54) is 0 Å². The van der Waals surface area contributed by atoms with E-state index in [1.807, 2.05) is 31.4 Å². The second-order valence-corrected chi connectivity index (χ2v) is 5.46. The van der Waals surface area contributed by atoms with Gasteiger partial charge in [0.15, 0.2) is 5.78 Å². The minimum absolute atomic E-state index is 0.0477. The van der Waals surface area contributed by atoms with Crippen LogP contribution < -0.4 is 4.74 Å². The SMILES string of the molecule is COc1cc(C=CC(=O)c2cn(C)nc2C)ccc1SC. The normalized spacial score (nSPS) is 11.0. The van der Waals surface area contributed by atoms with Gasteiger partial charge in [0.1, 0.15) is 5.75 Å². The molecule has 0 unspecified atom stereocenters. The van der Waals surface area contributed by atoms with E-state index in [1.54, 1.807) is 49.0 Å². The van der Waals surface area contributed by atoms with Gasteiger partial charge >= 0.3 is 0 Å². The number of rotatable bonds is 5. The predicted octanol–water partition coefficient (Wildman–Crippen LogP) is 3.36. The number of thioether (sulfide) groups is 1. The Hall–Kier alpha value is -2.01. The van der Waals surface area contributed by atoms with E-state index >= 15 is 0 Å². The molecule has 1 aromatic carbocycles. The molecule has 0 atom stereocenters. The summed E-state index contributed by atoms with van der Waals surface area (Å²) >= 11 is 1.63. The summed E-state index contributed by atoms with van der Waals surface area (Å²) in [5.74, 6) is 0.767. The van der Waals surface area contributed by atoms with Gasteiger partial charge in [-0.1, -0.05) is 12.1 Å². The number of methoxy groups -OCH3 is 1. The van der Waals surface area contributed by atoms with E-state index in [9.17, 15) is 4.79 Å². The maximum absolute atomic E-state index is 12.2.